The molecule has 1 amide bonds. The molecule has 0 aromatic heterocycles. The summed E-state index contributed by atoms with van der Waals surface area (Å²) in [6, 6.07) is 11.8. The van der Waals surface area contributed by atoms with Gasteiger partial charge in [-0.2, -0.15) is 4.31 Å². The second-order valence-electron chi connectivity index (χ2n) is 7.00. The van der Waals surface area contributed by atoms with Gasteiger partial charge < -0.3 is 15.0 Å². The van der Waals surface area contributed by atoms with Gasteiger partial charge in [-0.05, 0) is 71.9 Å². The van der Waals surface area contributed by atoms with Gasteiger partial charge in [0.2, 0.25) is 10.0 Å². The highest BCUT2D eigenvalue weighted by atomic mass is 79.9. The number of aryl methyl sites for hydroxylation is 1. The van der Waals surface area contributed by atoms with E-state index in [1.807, 2.05) is 26.1 Å². The predicted molar refractivity (Wildman–Crippen MR) is 116 cm³/mol. The third-order valence-electron chi connectivity index (χ3n) is 4.68. The second-order valence-corrected chi connectivity index (χ2v) is 9.79. The molecular weight excluding hydrogens is 458 g/mol. The van der Waals surface area contributed by atoms with Crippen molar-refractivity contribution < 1.29 is 17.9 Å². The molecule has 0 saturated carbocycles. The Morgan fingerprint density at radius 2 is 1.76 bits per heavy atom. The minimum Gasteiger partial charge on any atom is -0.483 e. The number of rotatable bonds is 6. The van der Waals surface area contributed by atoms with E-state index in [0.29, 0.717) is 37.6 Å². The number of hydrogen-bond acceptors (Lipinski definition) is 5. The van der Waals surface area contributed by atoms with Crippen molar-refractivity contribution in [1.82, 2.24) is 9.21 Å². The van der Waals surface area contributed by atoms with Gasteiger partial charge in [-0.15, -0.1) is 0 Å². The maximum absolute atomic E-state index is 12.7. The average Bonchev–Trinajstić information content (AvgIpc) is 2.68. The molecule has 0 unspecified atom stereocenters. The number of likely N-dealkylation sites (N-methyl/N-ethyl adjacent to an activating group) is 1. The number of carbonyl (C=O) groups is 1. The van der Waals surface area contributed by atoms with Crippen LogP contribution in [-0.2, 0) is 14.8 Å². The number of nitrogens with zero attached hydrogens (tertiary/aromatic N) is 2. The van der Waals surface area contributed by atoms with Crippen LogP contribution in [0.15, 0.2) is 51.8 Å². The number of halogens is 1. The molecule has 0 radical (unpaired) electrons. The summed E-state index contributed by atoms with van der Waals surface area (Å²) in [4.78, 5) is 14.5. The second kappa shape index (κ2) is 9.25. The summed E-state index contributed by atoms with van der Waals surface area (Å²) in [5, 5.41) is 2.71. The van der Waals surface area contributed by atoms with Crippen LogP contribution in [0, 0.1) is 6.92 Å². The normalized spacial score (nSPS) is 15.8. The topological polar surface area (TPSA) is 78.9 Å². The van der Waals surface area contributed by atoms with Gasteiger partial charge in [-0.1, -0.05) is 6.07 Å². The van der Waals surface area contributed by atoms with Crippen molar-refractivity contribution in [3.63, 3.8) is 0 Å². The monoisotopic (exact) mass is 481 g/mol. The number of piperazine rings is 1. The van der Waals surface area contributed by atoms with Crippen molar-refractivity contribution in [3.05, 3.63) is 52.5 Å². The first-order chi connectivity index (χ1) is 13.8. The van der Waals surface area contributed by atoms with Gasteiger partial charge in [-0.3, -0.25) is 4.79 Å². The lowest BCUT2D eigenvalue weighted by molar-refractivity contribution is -0.118. The SMILES string of the molecule is Cc1ccc(OCC(=O)Nc2ccc(S(=O)(=O)N3CCN(C)CC3)cc2)c(Br)c1. The van der Waals surface area contributed by atoms with Crippen LogP contribution in [0.4, 0.5) is 5.69 Å². The van der Waals surface area contributed by atoms with Crippen molar-refractivity contribution in [1.29, 1.82) is 0 Å². The highest BCUT2D eigenvalue weighted by molar-refractivity contribution is 9.10. The molecule has 1 fully saturated rings. The Hall–Kier alpha value is -1.94. The molecule has 1 N–H and O–H groups in total. The van der Waals surface area contributed by atoms with Crippen molar-refractivity contribution >= 4 is 37.5 Å². The van der Waals surface area contributed by atoms with Crippen molar-refractivity contribution in [2.75, 3.05) is 45.2 Å². The van der Waals surface area contributed by atoms with Crippen LogP contribution in [0.25, 0.3) is 0 Å². The minimum absolute atomic E-state index is 0.150. The Bertz CT molecular complexity index is 972. The largest absolute Gasteiger partial charge is 0.483 e. The molecule has 3 rings (SSSR count). The number of ether oxygens (including phenoxy) is 1. The fourth-order valence-electron chi connectivity index (χ4n) is 2.95. The molecule has 1 heterocycles. The Morgan fingerprint density at radius 1 is 1.10 bits per heavy atom. The van der Waals surface area contributed by atoms with Crippen LogP contribution >= 0.6 is 15.9 Å². The fourth-order valence-corrected chi connectivity index (χ4v) is 4.98. The lowest BCUT2D eigenvalue weighted by Crippen LogP contribution is -2.46. The van der Waals surface area contributed by atoms with Crippen LogP contribution in [0.3, 0.4) is 0 Å². The summed E-state index contributed by atoms with van der Waals surface area (Å²) in [5.41, 5.74) is 1.60. The zero-order valence-electron chi connectivity index (χ0n) is 16.4. The highest BCUT2D eigenvalue weighted by Gasteiger charge is 2.27. The molecule has 2 aromatic rings. The summed E-state index contributed by atoms with van der Waals surface area (Å²) in [5.74, 6) is 0.256. The molecule has 1 saturated heterocycles. The molecule has 9 heteroatoms. The first kappa shape index (κ1) is 21.8. The molecule has 0 spiro atoms. The van der Waals surface area contributed by atoms with E-state index in [0.717, 1.165) is 10.0 Å². The molecule has 29 heavy (non-hydrogen) atoms. The lowest BCUT2D eigenvalue weighted by atomic mass is 10.2. The number of benzene rings is 2. The van der Waals surface area contributed by atoms with Gasteiger partial charge in [0, 0.05) is 31.9 Å². The fraction of sp³-hybridized carbons (Fsp3) is 0.350. The molecule has 1 aliphatic rings. The van der Waals surface area contributed by atoms with E-state index >= 15 is 0 Å². The van der Waals surface area contributed by atoms with Gasteiger partial charge in [0.25, 0.3) is 5.91 Å². The summed E-state index contributed by atoms with van der Waals surface area (Å²) < 4.78 is 33.3. The van der Waals surface area contributed by atoms with Crippen LogP contribution in [-0.4, -0.2) is 63.4 Å². The van der Waals surface area contributed by atoms with Crippen LogP contribution in [0.2, 0.25) is 0 Å². The van der Waals surface area contributed by atoms with Crippen LogP contribution in [0.1, 0.15) is 5.56 Å². The van der Waals surface area contributed by atoms with Gasteiger partial charge in [0.15, 0.2) is 6.61 Å². The first-order valence-corrected chi connectivity index (χ1v) is 11.5. The van der Waals surface area contributed by atoms with Crippen molar-refractivity contribution in [2.45, 2.75) is 11.8 Å². The Morgan fingerprint density at radius 3 is 2.38 bits per heavy atom. The summed E-state index contributed by atoms with van der Waals surface area (Å²) in [6.07, 6.45) is 0. The molecule has 0 atom stereocenters. The van der Waals surface area contributed by atoms with E-state index in [1.54, 1.807) is 18.2 Å². The minimum atomic E-state index is -3.52. The summed E-state index contributed by atoms with van der Waals surface area (Å²) in [6.45, 7) is 4.19. The van der Waals surface area contributed by atoms with Crippen molar-refractivity contribution in [3.8, 4) is 5.75 Å². The van der Waals surface area contributed by atoms with Crippen LogP contribution < -0.4 is 10.1 Å². The third kappa shape index (κ3) is 5.57. The van der Waals surface area contributed by atoms with E-state index in [-0.39, 0.29) is 17.4 Å². The van der Waals surface area contributed by atoms with Gasteiger partial charge in [0.1, 0.15) is 5.75 Å². The zero-order chi connectivity index (χ0) is 21.0. The van der Waals surface area contributed by atoms with E-state index in [4.69, 9.17) is 4.74 Å². The number of sulfonamides is 1. The average molecular weight is 482 g/mol. The molecule has 0 bridgehead atoms. The van der Waals surface area contributed by atoms with E-state index in [1.165, 1.54) is 16.4 Å². The van der Waals surface area contributed by atoms with E-state index in [9.17, 15) is 13.2 Å². The van der Waals surface area contributed by atoms with E-state index < -0.39 is 10.0 Å². The van der Waals surface area contributed by atoms with Crippen molar-refractivity contribution in [2.24, 2.45) is 0 Å². The number of amides is 1. The van der Waals surface area contributed by atoms with Gasteiger partial charge in [0.05, 0.1) is 9.37 Å². The van der Waals surface area contributed by atoms with Gasteiger partial charge >= 0.3 is 0 Å². The molecule has 0 aliphatic carbocycles. The number of hydrogen-bond donors (Lipinski definition) is 1. The maximum atomic E-state index is 12.7. The molecule has 156 valence electrons. The summed E-state index contributed by atoms with van der Waals surface area (Å²) in [7, 11) is -1.55. The maximum Gasteiger partial charge on any atom is 0.262 e. The third-order valence-corrected chi connectivity index (χ3v) is 7.22. The Kier molecular flexibility index (Phi) is 6.94. The highest BCUT2D eigenvalue weighted by Crippen LogP contribution is 2.25. The molecule has 2 aromatic carbocycles. The molecule has 1 aliphatic heterocycles. The molecule has 7 nitrogen and oxygen atoms in total. The number of carbonyl (C=O) groups excluding carboxylic acids is 1. The van der Waals surface area contributed by atoms with E-state index in [2.05, 4.69) is 26.1 Å². The number of nitrogens with one attached hydrogen (secondary N) is 1. The lowest BCUT2D eigenvalue weighted by Gasteiger charge is -2.31. The first-order valence-electron chi connectivity index (χ1n) is 9.23. The smallest absolute Gasteiger partial charge is 0.262 e. The predicted octanol–water partition coefficient (Wildman–Crippen LogP) is 2.71. The Balaban J connectivity index is 1.57. The Labute approximate surface area is 179 Å². The van der Waals surface area contributed by atoms with Crippen LogP contribution in [0.5, 0.6) is 5.75 Å². The standard InChI is InChI=1S/C20H24BrN3O4S/c1-15-3-8-19(18(21)13-15)28-14-20(25)22-16-4-6-17(7-5-16)29(26,27)24-11-9-23(2)10-12-24/h3-8,13H,9-12,14H2,1-2H3,(H,22,25). The quantitative estimate of drug-likeness (QED) is 0.685. The molecular formula is C20H24BrN3O4S. The number of anilines is 1. The zero-order valence-corrected chi connectivity index (χ0v) is 18.8. The summed E-state index contributed by atoms with van der Waals surface area (Å²) >= 11 is 3.41. The van der Waals surface area contributed by atoms with Gasteiger partial charge in [-0.25, -0.2) is 8.42 Å².